The number of piperidine rings is 1. The second-order valence-corrected chi connectivity index (χ2v) is 10.7. The van der Waals surface area contributed by atoms with Crippen LogP contribution in [-0.4, -0.2) is 67.4 Å². The van der Waals surface area contributed by atoms with Crippen LogP contribution in [-0.2, 0) is 16.2 Å². The highest BCUT2D eigenvalue weighted by Gasteiger charge is 2.40. The molecule has 36 heavy (non-hydrogen) atoms. The maximum Gasteiger partial charge on any atom is 0.417 e. The average Bonchev–Trinajstić information content (AvgIpc) is 2.79. The minimum atomic E-state index is -4.76. The standard InChI is InChI=1S/C24H32F3N5O3S/c1-4-32(36(34,35)22-8-6-5-7-21(22)24(25,26)27)20-9-12-31(13-10-20)14-11-28-23(33)30-19-15-17(2)29-18(3)16-19/h5-8,15-16,20H,4,9-14H2,1-3H3,(H2,28,29,30,33). The number of benzene rings is 1. The molecule has 1 aliphatic heterocycles. The van der Waals surface area contributed by atoms with Crippen LogP contribution in [0.1, 0.15) is 36.7 Å². The van der Waals surface area contributed by atoms with Crippen LogP contribution in [0.5, 0.6) is 0 Å². The van der Waals surface area contributed by atoms with Crippen molar-refractivity contribution in [1.29, 1.82) is 0 Å². The molecule has 1 aromatic carbocycles. The van der Waals surface area contributed by atoms with Crippen molar-refractivity contribution < 1.29 is 26.4 Å². The summed E-state index contributed by atoms with van der Waals surface area (Å²) >= 11 is 0. The zero-order chi connectivity index (χ0) is 26.5. The highest BCUT2D eigenvalue weighted by atomic mass is 32.2. The summed E-state index contributed by atoms with van der Waals surface area (Å²) in [6.07, 6.45) is -3.78. The summed E-state index contributed by atoms with van der Waals surface area (Å²) in [6, 6.07) is 7.12. The third-order valence-electron chi connectivity index (χ3n) is 6.11. The maximum absolute atomic E-state index is 13.4. The average molecular weight is 528 g/mol. The van der Waals surface area contributed by atoms with Crippen molar-refractivity contribution in [2.24, 2.45) is 0 Å². The number of anilines is 1. The molecule has 1 aliphatic rings. The lowest BCUT2D eigenvalue weighted by Gasteiger charge is -2.37. The van der Waals surface area contributed by atoms with E-state index in [0.29, 0.717) is 44.7 Å². The number of likely N-dealkylation sites (tertiary alicyclic amines) is 1. The van der Waals surface area contributed by atoms with E-state index in [1.54, 1.807) is 19.1 Å². The summed E-state index contributed by atoms with van der Waals surface area (Å²) in [7, 11) is -4.32. The van der Waals surface area contributed by atoms with Crippen molar-refractivity contribution in [3.05, 3.63) is 53.3 Å². The SMILES string of the molecule is CCN(C1CCN(CCNC(=O)Nc2cc(C)nc(C)c2)CC1)S(=O)(=O)c1ccccc1C(F)(F)F. The molecule has 0 bridgehead atoms. The molecule has 1 saturated heterocycles. The molecule has 3 rings (SSSR count). The Morgan fingerprint density at radius 1 is 1.14 bits per heavy atom. The molecule has 0 spiro atoms. The molecule has 2 heterocycles. The number of sulfonamides is 1. The molecule has 0 saturated carbocycles. The monoisotopic (exact) mass is 527 g/mol. The number of rotatable bonds is 8. The second kappa shape index (κ2) is 11.6. The van der Waals surface area contributed by atoms with E-state index in [2.05, 4.69) is 20.5 Å². The zero-order valence-corrected chi connectivity index (χ0v) is 21.4. The minimum Gasteiger partial charge on any atom is -0.337 e. The van der Waals surface area contributed by atoms with E-state index >= 15 is 0 Å². The lowest BCUT2D eigenvalue weighted by atomic mass is 10.1. The lowest BCUT2D eigenvalue weighted by Crippen LogP contribution is -2.48. The van der Waals surface area contributed by atoms with E-state index in [1.165, 1.54) is 16.4 Å². The van der Waals surface area contributed by atoms with Crippen LogP contribution < -0.4 is 10.6 Å². The number of aromatic nitrogens is 1. The topological polar surface area (TPSA) is 94.6 Å². The van der Waals surface area contributed by atoms with Crippen LogP contribution >= 0.6 is 0 Å². The van der Waals surface area contributed by atoms with Gasteiger partial charge in [-0.05, 0) is 64.0 Å². The van der Waals surface area contributed by atoms with E-state index in [-0.39, 0.29) is 12.6 Å². The Labute approximate surface area is 209 Å². The Bertz CT molecular complexity index is 1150. The summed E-state index contributed by atoms with van der Waals surface area (Å²) in [5, 5.41) is 5.58. The van der Waals surface area contributed by atoms with Gasteiger partial charge in [0.2, 0.25) is 10.0 Å². The molecular weight excluding hydrogens is 495 g/mol. The van der Waals surface area contributed by atoms with Crippen molar-refractivity contribution in [2.45, 2.75) is 50.7 Å². The Morgan fingerprint density at radius 2 is 1.75 bits per heavy atom. The zero-order valence-electron chi connectivity index (χ0n) is 20.6. The van der Waals surface area contributed by atoms with Gasteiger partial charge < -0.3 is 15.5 Å². The second-order valence-electron chi connectivity index (χ2n) is 8.79. The fourth-order valence-electron chi connectivity index (χ4n) is 4.52. The highest BCUT2D eigenvalue weighted by Crippen LogP contribution is 2.36. The van der Waals surface area contributed by atoms with Gasteiger partial charge in [-0.25, -0.2) is 13.2 Å². The summed E-state index contributed by atoms with van der Waals surface area (Å²) in [5.74, 6) is 0. The molecular formula is C24H32F3N5O3S. The molecule has 0 unspecified atom stereocenters. The van der Waals surface area contributed by atoms with Gasteiger partial charge >= 0.3 is 12.2 Å². The minimum absolute atomic E-state index is 0.0782. The Hall–Kier alpha value is -2.70. The van der Waals surface area contributed by atoms with Crippen molar-refractivity contribution >= 4 is 21.7 Å². The van der Waals surface area contributed by atoms with E-state index in [0.717, 1.165) is 23.5 Å². The van der Waals surface area contributed by atoms with E-state index in [9.17, 15) is 26.4 Å². The Balaban J connectivity index is 1.53. The third kappa shape index (κ3) is 6.95. The molecule has 0 radical (unpaired) electrons. The quantitative estimate of drug-likeness (QED) is 0.541. The number of hydrogen-bond donors (Lipinski definition) is 2. The van der Waals surface area contributed by atoms with E-state index in [4.69, 9.17) is 0 Å². The van der Waals surface area contributed by atoms with Crippen LogP contribution in [0.15, 0.2) is 41.3 Å². The first-order valence-corrected chi connectivity index (χ1v) is 13.3. The number of nitrogens with zero attached hydrogens (tertiary/aromatic N) is 3. The van der Waals surface area contributed by atoms with Gasteiger partial charge in [-0.3, -0.25) is 4.98 Å². The summed E-state index contributed by atoms with van der Waals surface area (Å²) in [4.78, 5) is 17.8. The molecule has 0 atom stereocenters. The summed E-state index contributed by atoms with van der Waals surface area (Å²) in [5.41, 5.74) is 1.12. The normalized spacial score (nSPS) is 15.8. The first kappa shape index (κ1) is 27.9. The van der Waals surface area contributed by atoms with Gasteiger partial charge in [0, 0.05) is 42.8 Å². The number of halogens is 3. The lowest BCUT2D eigenvalue weighted by molar-refractivity contribution is -0.139. The van der Waals surface area contributed by atoms with Crippen LogP contribution in [0.3, 0.4) is 0 Å². The summed E-state index contributed by atoms with van der Waals surface area (Å²) < 4.78 is 67.9. The van der Waals surface area contributed by atoms with Gasteiger partial charge in [0.05, 0.1) is 10.5 Å². The van der Waals surface area contributed by atoms with Crippen LogP contribution in [0.25, 0.3) is 0 Å². The highest BCUT2D eigenvalue weighted by molar-refractivity contribution is 7.89. The molecule has 1 aromatic heterocycles. The number of nitrogens with one attached hydrogen (secondary N) is 2. The molecule has 198 valence electrons. The summed E-state index contributed by atoms with van der Waals surface area (Å²) in [6.45, 7) is 7.52. The van der Waals surface area contributed by atoms with Gasteiger partial charge in [0.25, 0.3) is 0 Å². The molecule has 0 aliphatic carbocycles. The number of amides is 2. The number of carbonyl (C=O) groups excluding carboxylic acids is 1. The fourth-order valence-corrected chi connectivity index (χ4v) is 6.43. The van der Waals surface area contributed by atoms with Gasteiger partial charge in [0.15, 0.2) is 0 Å². The van der Waals surface area contributed by atoms with Crippen molar-refractivity contribution in [3.63, 3.8) is 0 Å². The molecule has 2 amide bonds. The predicted octanol–water partition coefficient (Wildman–Crippen LogP) is 4.01. The third-order valence-corrected chi connectivity index (χ3v) is 8.19. The number of carbonyl (C=O) groups is 1. The number of hydrogen-bond acceptors (Lipinski definition) is 5. The predicted molar refractivity (Wildman–Crippen MR) is 131 cm³/mol. The van der Waals surface area contributed by atoms with Crippen molar-refractivity contribution in [3.8, 4) is 0 Å². The van der Waals surface area contributed by atoms with Gasteiger partial charge in [-0.1, -0.05) is 19.1 Å². The molecule has 2 aromatic rings. The van der Waals surface area contributed by atoms with Crippen molar-refractivity contribution in [2.75, 3.05) is 38.0 Å². The first-order valence-electron chi connectivity index (χ1n) is 11.8. The number of alkyl halides is 3. The Kier molecular flexibility index (Phi) is 8.96. The van der Waals surface area contributed by atoms with Crippen LogP contribution in [0.4, 0.5) is 23.7 Å². The fraction of sp³-hybridized carbons (Fsp3) is 0.500. The van der Waals surface area contributed by atoms with Gasteiger partial charge in [-0.2, -0.15) is 17.5 Å². The van der Waals surface area contributed by atoms with Crippen molar-refractivity contribution in [1.82, 2.24) is 19.5 Å². The molecule has 2 N–H and O–H groups in total. The first-order chi connectivity index (χ1) is 16.9. The van der Waals surface area contributed by atoms with Gasteiger partial charge in [0.1, 0.15) is 0 Å². The largest absolute Gasteiger partial charge is 0.417 e. The van der Waals surface area contributed by atoms with E-state index < -0.39 is 32.7 Å². The Morgan fingerprint density at radius 3 is 2.33 bits per heavy atom. The van der Waals surface area contributed by atoms with Crippen LogP contribution in [0.2, 0.25) is 0 Å². The van der Waals surface area contributed by atoms with Crippen LogP contribution in [0, 0.1) is 13.8 Å². The number of urea groups is 1. The van der Waals surface area contributed by atoms with E-state index in [1.807, 2.05) is 13.8 Å². The smallest absolute Gasteiger partial charge is 0.337 e. The van der Waals surface area contributed by atoms with Gasteiger partial charge in [-0.15, -0.1) is 0 Å². The number of pyridine rings is 1. The molecule has 8 nitrogen and oxygen atoms in total. The molecule has 12 heteroatoms. The maximum atomic E-state index is 13.4. The number of aryl methyl sites for hydroxylation is 2. The molecule has 1 fully saturated rings.